The Morgan fingerprint density at radius 3 is 2.66 bits per heavy atom. The molecule has 8 heteroatoms. The van der Waals surface area contributed by atoms with Gasteiger partial charge in [-0.15, -0.1) is 0 Å². The standard InChI is InChI=1S/C21H18ClF3N2O2/c22-17-9-13(21(23,24)25)1-2-14(17)12-7-11-3-6-27-18-4-5-26(20(28)29)10-16(18)15(8-12)19(11)27/h1-2,7-9,16,18H,3-6,10H2,(H,28,29)/t16-,18-/m0/s1. The van der Waals surface area contributed by atoms with Gasteiger partial charge >= 0.3 is 12.3 Å². The van der Waals surface area contributed by atoms with Gasteiger partial charge in [0.2, 0.25) is 0 Å². The molecule has 0 aromatic heterocycles. The first-order valence-electron chi connectivity index (χ1n) is 9.52. The number of rotatable bonds is 1. The third kappa shape index (κ3) is 2.86. The van der Waals surface area contributed by atoms with E-state index in [1.807, 2.05) is 12.1 Å². The molecule has 2 atom stereocenters. The van der Waals surface area contributed by atoms with Gasteiger partial charge in [0, 0.05) is 47.9 Å². The van der Waals surface area contributed by atoms with Gasteiger partial charge in [0.05, 0.1) is 5.56 Å². The van der Waals surface area contributed by atoms with Gasteiger partial charge in [-0.3, -0.25) is 0 Å². The second-order valence-corrected chi connectivity index (χ2v) is 8.31. The number of alkyl halides is 3. The summed E-state index contributed by atoms with van der Waals surface area (Å²) in [4.78, 5) is 15.3. The molecule has 1 fully saturated rings. The predicted octanol–water partition coefficient (Wildman–Crippen LogP) is 5.24. The Morgan fingerprint density at radius 1 is 1.17 bits per heavy atom. The SMILES string of the molecule is O=C(O)N1CC[C@H]2[C@@H](C1)c1cc(-c3ccc(C(F)(F)F)cc3Cl)cc3c1N2CC3. The largest absolute Gasteiger partial charge is 0.465 e. The van der Waals surface area contributed by atoms with Crippen LogP contribution in [0.4, 0.5) is 23.7 Å². The van der Waals surface area contributed by atoms with Crippen molar-refractivity contribution < 1.29 is 23.1 Å². The van der Waals surface area contributed by atoms with Crippen molar-refractivity contribution in [1.29, 1.82) is 0 Å². The first-order chi connectivity index (χ1) is 13.7. The van der Waals surface area contributed by atoms with Crippen molar-refractivity contribution in [2.24, 2.45) is 0 Å². The fraction of sp³-hybridized carbons (Fsp3) is 0.381. The molecule has 29 heavy (non-hydrogen) atoms. The number of anilines is 1. The molecule has 1 amide bonds. The van der Waals surface area contributed by atoms with E-state index >= 15 is 0 Å². The Bertz CT molecular complexity index is 1020. The number of carbonyl (C=O) groups is 1. The van der Waals surface area contributed by atoms with Crippen molar-refractivity contribution in [3.8, 4) is 11.1 Å². The predicted molar refractivity (Wildman–Crippen MR) is 104 cm³/mol. The van der Waals surface area contributed by atoms with Gasteiger partial charge in [0.25, 0.3) is 0 Å². The quantitative estimate of drug-likeness (QED) is 0.683. The second kappa shape index (κ2) is 6.29. The molecule has 0 spiro atoms. The zero-order valence-corrected chi connectivity index (χ0v) is 16.1. The lowest BCUT2D eigenvalue weighted by molar-refractivity contribution is -0.137. The summed E-state index contributed by atoms with van der Waals surface area (Å²) in [5, 5.41) is 9.47. The molecule has 3 heterocycles. The van der Waals surface area contributed by atoms with Crippen LogP contribution in [-0.2, 0) is 12.6 Å². The van der Waals surface area contributed by atoms with Crippen LogP contribution in [-0.4, -0.2) is 41.8 Å². The number of fused-ring (bicyclic) bond motifs is 3. The Balaban J connectivity index is 1.58. The molecule has 0 saturated carbocycles. The normalized spacial score (nSPS) is 22.6. The minimum atomic E-state index is -4.44. The number of nitrogens with zero attached hydrogens (tertiary/aromatic N) is 2. The molecule has 2 aromatic carbocycles. The van der Waals surface area contributed by atoms with E-state index in [0.29, 0.717) is 18.7 Å². The molecule has 3 aliphatic heterocycles. The van der Waals surface area contributed by atoms with Crippen molar-refractivity contribution in [2.45, 2.75) is 31.0 Å². The highest BCUT2D eigenvalue weighted by molar-refractivity contribution is 6.33. The number of halogens is 4. The van der Waals surface area contributed by atoms with Crippen molar-refractivity contribution in [3.63, 3.8) is 0 Å². The Morgan fingerprint density at radius 2 is 1.97 bits per heavy atom. The van der Waals surface area contributed by atoms with E-state index in [0.717, 1.165) is 48.2 Å². The van der Waals surface area contributed by atoms with Crippen LogP contribution in [0.2, 0.25) is 5.02 Å². The number of piperidine rings is 1. The van der Waals surface area contributed by atoms with Crippen LogP contribution in [0.5, 0.6) is 0 Å². The molecule has 4 nitrogen and oxygen atoms in total. The lowest BCUT2D eigenvalue weighted by atomic mass is 9.86. The summed E-state index contributed by atoms with van der Waals surface area (Å²) in [6.45, 7) is 1.85. The zero-order chi connectivity index (χ0) is 20.5. The van der Waals surface area contributed by atoms with Gasteiger partial charge in [0.15, 0.2) is 0 Å². The van der Waals surface area contributed by atoms with E-state index in [1.165, 1.54) is 16.7 Å². The van der Waals surface area contributed by atoms with Gasteiger partial charge in [-0.2, -0.15) is 13.2 Å². The Hall–Kier alpha value is -2.41. The summed E-state index contributed by atoms with van der Waals surface area (Å²) < 4.78 is 38.9. The molecule has 0 unspecified atom stereocenters. The minimum absolute atomic E-state index is 0.0622. The Labute approximate surface area is 170 Å². The molecular formula is C21H18ClF3N2O2. The molecule has 1 N–H and O–H groups in total. The van der Waals surface area contributed by atoms with Crippen LogP contribution in [0.15, 0.2) is 30.3 Å². The highest BCUT2D eigenvalue weighted by Gasteiger charge is 2.46. The van der Waals surface area contributed by atoms with Gasteiger partial charge < -0.3 is 14.9 Å². The summed E-state index contributed by atoms with van der Waals surface area (Å²) in [5.41, 5.74) is 4.00. The monoisotopic (exact) mass is 422 g/mol. The van der Waals surface area contributed by atoms with Gasteiger partial charge in [-0.1, -0.05) is 17.7 Å². The van der Waals surface area contributed by atoms with Crippen molar-refractivity contribution in [3.05, 3.63) is 52.0 Å². The van der Waals surface area contributed by atoms with Crippen LogP contribution >= 0.6 is 11.6 Å². The number of benzene rings is 2. The minimum Gasteiger partial charge on any atom is -0.465 e. The number of amides is 1. The molecule has 2 aromatic rings. The summed E-state index contributed by atoms with van der Waals surface area (Å²) >= 11 is 6.23. The first kappa shape index (κ1) is 18.6. The van der Waals surface area contributed by atoms with E-state index < -0.39 is 17.8 Å². The molecular weight excluding hydrogens is 405 g/mol. The molecule has 1 saturated heterocycles. The lowest BCUT2D eigenvalue weighted by Crippen LogP contribution is -2.47. The number of hydrogen-bond donors (Lipinski definition) is 1. The van der Waals surface area contributed by atoms with Crippen molar-refractivity contribution >= 4 is 23.4 Å². The average Bonchev–Trinajstić information content (AvgIpc) is 3.23. The van der Waals surface area contributed by atoms with Crippen LogP contribution in [0, 0.1) is 0 Å². The van der Waals surface area contributed by atoms with E-state index in [1.54, 1.807) is 0 Å². The van der Waals surface area contributed by atoms with Crippen LogP contribution in [0.3, 0.4) is 0 Å². The summed E-state index contributed by atoms with van der Waals surface area (Å²) in [6, 6.07) is 7.71. The van der Waals surface area contributed by atoms with E-state index in [4.69, 9.17) is 11.6 Å². The second-order valence-electron chi connectivity index (χ2n) is 7.90. The highest BCUT2D eigenvalue weighted by atomic mass is 35.5. The maximum Gasteiger partial charge on any atom is 0.416 e. The summed E-state index contributed by atoms with van der Waals surface area (Å²) in [7, 11) is 0. The van der Waals surface area contributed by atoms with E-state index in [2.05, 4.69) is 4.90 Å². The molecule has 0 aliphatic carbocycles. The number of carboxylic acid groups (broad SMARTS) is 1. The van der Waals surface area contributed by atoms with E-state index in [-0.39, 0.29) is 17.0 Å². The van der Waals surface area contributed by atoms with Crippen LogP contribution in [0.25, 0.3) is 11.1 Å². The topological polar surface area (TPSA) is 43.8 Å². The average molecular weight is 423 g/mol. The lowest BCUT2D eigenvalue weighted by Gasteiger charge is -2.37. The molecule has 0 bridgehead atoms. The third-order valence-corrected chi connectivity index (χ3v) is 6.69. The molecule has 152 valence electrons. The van der Waals surface area contributed by atoms with Gasteiger partial charge in [-0.05, 0) is 53.8 Å². The smallest absolute Gasteiger partial charge is 0.416 e. The maximum absolute atomic E-state index is 13.0. The van der Waals surface area contributed by atoms with E-state index in [9.17, 15) is 23.1 Å². The van der Waals surface area contributed by atoms with Crippen LogP contribution in [0.1, 0.15) is 29.0 Å². The summed E-state index contributed by atoms with van der Waals surface area (Å²) in [6.07, 6.45) is -3.70. The highest BCUT2D eigenvalue weighted by Crippen LogP contribution is 2.51. The number of hydrogen-bond acceptors (Lipinski definition) is 2. The third-order valence-electron chi connectivity index (χ3n) is 6.38. The summed E-state index contributed by atoms with van der Waals surface area (Å²) in [5.74, 6) is 0.0714. The van der Waals surface area contributed by atoms with Gasteiger partial charge in [0.1, 0.15) is 0 Å². The fourth-order valence-corrected chi connectivity index (χ4v) is 5.39. The molecule has 5 rings (SSSR count). The van der Waals surface area contributed by atoms with Crippen LogP contribution < -0.4 is 4.90 Å². The molecule has 3 aliphatic rings. The fourth-order valence-electron chi connectivity index (χ4n) is 5.10. The van der Waals surface area contributed by atoms with Gasteiger partial charge in [-0.25, -0.2) is 4.79 Å². The zero-order valence-electron chi connectivity index (χ0n) is 15.3. The maximum atomic E-state index is 13.0. The number of likely N-dealkylation sites (tertiary alicyclic amines) is 1. The van der Waals surface area contributed by atoms with Crippen molar-refractivity contribution in [1.82, 2.24) is 4.90 Å². The van der Waals surface area contributed by atoms with Crippen molar-refractivity contribution in [2.75, 3.05) is 24.5 Å². The first-order valence-corrected chi connectivity index (χ1v) is 9.90. The Kier molecular flexibility index (Phi) is 4.04. The molecule has 0 radical (unpaired) electrons.